The van der Waals surface area contributed by atoms with E-state index in [1.807, 2.05) is 23.6 Å². The third-order valence-electron chi connectivity index (χ3n) is 2.36. The number of amides is 1. The first-order valence-corrected chi connectivity index (χ1v) is 7.22. The monoisotopic (exact) mass is 337 g/mol. The number of hydrogen-bond acceptors (Lipinski definition) is 3. The third-order valence-corrected chi connectivity index (χ3v) is 3.69. The van der Waals surface area contributed by atoms with Crippen LogP contribution in [0, 0.1) is 0 Å². The van der Waals surface area contributed by atoms with Crippen molar-refractivity contribution in [1.29, 1.82) is 0 Å². The molecule has 0 atom stereocenters. The van der Waals surface area contributed by atoms with Crippen molar-refractivity contribution < 1.29 is 9.53 Å². The van der Waals surface area contributed by atoms with Gasteiger partial charge in [0.05, 0.1) is 12.8 Å². The molecule has 0 aliphatic rings. The highest BCUT2D eigenvalue weighted by Crippen LogP contribution is 2.27. The number of nitrogens with one attached hydrogen (secondary N) is 1. The molecule has 0 radical (unpaired) electrons. The second-order valence-corrected chi connectivity index (χ2v) is 5.58. The van der Waals surface area contributed by atoms with E-state index in [-0.39, 0.29) is 5.91 Å². The SMILES string of the molecule is COc1ccc(Br)cc1NC(=O)/C=C/c1cccs1. The van der Waals surface area contributed by atoms with Crippen LogP contribution in [-0.4, -0.2) is 13.0 Å². The van der Waals surface area contributed by atoms with Gasteiger partial charge in [-0.05, 0) is 35.7 Å². The van der Waals surface area contributed by atoms with Crippen LogP contribution in [0.3, 0.4) is 0 Å². The number of rotatable bonds is 4. The number of carbonyl (C=O) groups excluding carboxylic acids is 1. The van der Waals surface area contributed by atoms with E-state index in [4.69, 9.17) is 4.74 Å². The summed E-state index contributed by atoms with van der Waals surface area (Å²) >= 11 is 4.95. The summed E-state index contributed by atoms with van der Waals surface area (Å²) in [5, 5.41) is 4.76. The molecule has 0 spiro atoms. The van der Waals surface area contributed by atoms with E-state index in [1.54, 1.807) is 36.7 Å². The highest BCUT2D eigenvalue weighted by molar-refractivity contribution is 9.10. The topological polar surface area (TPSA) is 38.3 Å². The average molecular weight is 338 g/mol. The summed E-state index contributed by atoms with van der Waals surface area (Å²) in [6, 6.07) is 9.35. The van der Waals surface area contributed by atoms with Crippen LogP contribution in [-0.2, 0) is 4.79 Å². The van der Waals surface area contributed by atoms with Crippen LogP contribution in [0.15, 0.2) is 46.3 Å². The van der Waals surface area contributed by atoms with Gasteiger partial charge in [0.2, 0.25) is 5.91 Å². The van der Waals surface area contributed by atoms with Gasteiger partial charge in [0.1, 0.15) is 5.75 Å². The lowest BCUT2D eigenvalue weighted by atomic mass is 10.3. The summed E-state index contributed by atoms with van der Waals surface area (Å²) in [6.07, 6.45) is 3.29. The Kier molecular flexibility index (Phi) is 4.76. The van der Waals surface area contributed by atoms with Crippen LogP contribution in [0.25, 0.3) is 6.08 Å². The molecule has 1 amide bonds. The van der Waals surface area contributed by atoms with E-state index in [9.17, 15) is 4.79 Å². The zero-order valence-corrected chi connectivity index (χ0v) is 12.6. The van der Waals surface area contributed by atoms with Crippen molar-refractivity contribution in [3.63, 3.8) is 0 Å². The zero-order chi connectivity index (χ0) is 13.7. The fourth-order valence-electron chi connectivity index (χ4n) is 1.50. The lowest BCUT2D eigenvalue weighted by molar-refractivity contribution is -0.111. The number of halogens is 1. The Morgan fingerprint density at radius 2 is 2.26 bits per heavy atom. The van der Waals surface area contributed by atoms with Crippen molar-refractivity contribution in [2.75, 3.05) is 12.4 Å². The van der Waals surface area contributed by atoms with E-state index >= 15 is 0 Å². The quantitative estimate of drug-likeness (QED) is 0.850. The summed E-state index contributed by atoms with van der Waals surface area (Å²) in [5.41, 5.74) is 0.637. The van der Waals surface area contributed by atoms with Crippen LogP contribution < -0.4 is 10.1 Å². The Morgan fingerprint density at radius 3 is 2.95 bits per heavy atom. The summed E-state index contributed by atoms with van der Waals surface area (Å²) in [6.45, 7) is 0. The number of thiophene rings is 1. The molecular formula is C14H12BrNO2S. The maximum absolute atomic E-state index is 11.8. The molecule has 0 aliphatic heterocycles. The Labute approximate surface area is 124 Å². The van der Waals surface area contributed by atoms with E-state index in [1.165, 1.54) is 6.08 Å². The zero-order valence-electron chi connectivity index (χ0n) is 10.2. The lowest BCUT2D eigenvalue weighted by Gasteiger charge is -2.08. The second kappa shape index (κ2) is 6.54. The normalized spacial score (nSPS) is 10.6. The molecule has 2 rings (SSSR count). The standard InChI is InChI=1S/C14H12BrNO2S/c1-18-13-6-4-10(15)9-12(13)16-14(17)7-5-11-3-2-8-19-11/h2-9H,1H3,(H,16,17)/b7-5+. The van der Waals surface area contributed by atoms with E-state index < -0.39 is 0 Å². The Balaban J connectivity index is 2.08. The van der Waals surface area contributed by atoms with Crippen molar-refractivity contribution in [3.05, 3.63) is 51.1 Å². The molecule has 5 heteroatoms. The van der Waals surface area contributed by atoms with Gasteiger partial charge in [-0.25, -0.2) is 0 Å². The highest BCUT2D eigenvalue weighted by atomic mass is 79.9. The lowest BCUT2D eigenvalue weighted by Crippen LogP contribution is -2.08. The number of methoxy groups -OCH3 is 1. The molecule has 19 heavy (non-hydrogen) atoms. The van der Waals surface area contributed by atoms with E-state index in [0.29, 0.717) is 11.4 Å². The maximum Gasteiger partial charge on any atom is 0.248 e. The van der Waals surface area contributed by atoms with Gasteiger partial charge in [-0.1, -0.05) is 22.0 Å². The molecule has 3 nitrogen and oxygen atoms in total. The van der Waals surface area contributed by atoms with Gasteiger partial charge >= 0.3 is 0 Å². The minimum absolute atomic E-state index is 0.190. The predicted octanol–water partition coefficient (Wildman–Crippen LogP) is 4.17. The maximum atomic E-state index is 11.8. The van der Waals surface area contributed by atoms with Gasteiger partial charge in [-0.3, -0.25) is 4.79 Å². The molecule has 0 aliphatic carbocycles. The smallest absolute Gasteiger partial charge is 0.248 e. The Morgan fingerprint density at radius 1 is 1.42 bits per heavy atom. The summed E-state index contributed by atoms with van der Waals surface area (Å²) < 4.78 is 6.07. The Bertz CT molecular complexity index is 593. The predicted molar refractivity (Wildman–Crippen MR) is 82.7 cm³/mol. The van der Waals surface area contributed by atoms with Gasteiger partial charge < -0.3 is 10.1 Å². The number of ether oxygens (including phenoxy) is 1. The van der Waals surface area contributed by atoms with Crippen LogP contribution in [0.5, 0.6) is 5.75 Å². The third kappa shape index (κ3) is 3.94. The van der Waals surface area contributed by atoms with Crippen molar-refractivity contribution in [2.24, 2.45) is 0 Å². The van der Waals surface area contributed by atoms with Gasteiger partial charge in [0.15, 0.2) is 0 Å². The molecule has 0 saturated carbocycles. The molecule has 1 aromatic carbocycles. The molecule has 2 aromatic rings. The number of hydrogen-bond donors (Lipinski definition) is 1. The molecule has 0 fully saturated rings. The van der Waals surface area contributed by atoms with Crippen LogP contribution in [0.1, 0.15) is 4.88 Å². The van der Waals surface area contributed by atoms with Gasteiger partial charge in [-0.15, -0.1) is 11.3 Å². The molecule has 1 N–H and O–H groups in total. The number of benzene rings is 1. The van der Waals surface area contributed by atoms with Crippen molar-refractivity contribution in [3.8, 4) is 5.75 Å². The van der Waals surface area contributed by atoms with Crippen LogP contribution >= 0.6 is 27.3 Å². The van der Waals surface area contributed by atoms with Gasteiger partial charge in [0, 0.05) is 15.4 Å². The van der Waals surface area contributed by atoms with Crippen molar-refractivity contribution >= 4 is 44.9 Å². The fraction of sp³-hybridized carbons (Fsp3) is 0.0714. The van der Waals surface area contributed by atoms with Crippen molar-refractivity contribution in [1.82, 2.24) is 0 Å². The van der Waals surface area contributed by atoms with Gasteiger partial charge in [0.25, 0.3) is 0 Å². The van der Waals surface area contributed by atoms with Crippen LogP contribution in [0.4, 0.5) is 5.69 Å². The first kappa shape index (κ1) is 13.8. The molecular weight excluding hydrogens is 326 g/mol. The summed E-state index contributed by atoms with van der Waals surface area (Å²) in [5.74, 6) is 0.436. The largest absolute Gasteiger partial charge is 0.495 e. The number of anilines is 1. The molecule has 0 saturated heterocycles. The van der Waals surface area contributed by atoms with Crippen molar-refractivity contribution in [2.45, 2.75) is 0 Å². The minimum atomic E-state index is -0.190. The summed E-state index contributed by atoms with van der Waals surface area (Å²) in [4.78, 5) is 12.9. The Hall–Kier alpha value is -1.59. The minimum Gasteiger partial charge on any atom is -0.495 e. The summed E-state index contributed by atoms with van der Waals surface area (Å²) in [7, 11) is 1.57. The highest BCUT2D eigenvalue weighted by Gasteiger charge is 2.05. The average Bonchev–Trinajstić information content (AvgIpc) is 2.90. The molecule has 1 aromatic heterocycles. The molecule has 1 heterocycles. The molecule has 0 bridgehead atoms. The van der Waals surface area contributed by atoms with E-state index in [2.05, 4.69) is 21.2 Å². The number of carbonyl (C=O) groups is 1. The van der Waals surface area contributed by atoms with Gasteiger partial charge in [-0.2, -0.15) is 0 Å². The van der Waals surface area contributed by atoms with E-state index in [0.717, 1.165) is 9.35 Å². The molecule has 98 valence electrons. The second-order valence-electron chi connectivity index (χ2n) is 3.68. The fourth-order valence-corrected chi connectivity index (χ4v) is 2.48. The first-order chi connectivity index (χ1) is 9.19. The first-order valence-electron chi connectivity index (χ1n) is 5.55. The molecule has 0 unspecified atom stereocenters. The van der Waals surface area contributed by atoms with Crippen LogP contribution in [0.2, 0.25) is 0 Å².